The van der Waals surface area contributed by atoms with Gasteiger partial charge in [-0.05, 0) is 17.0 Å². The highest BCUT2D eigenvalue weighted by molar-refractivity contribution is 6.71. The lowest BCUT2D eigenvalue weighted by Crippen LogP contribution is -2.09. The smallest absolute Gasteiger partial charge is 0.362 e. The van der Waals surface area contributed by atoms with E-state index in [1.54, 1.807) is 12.2 Å². The molecule has 0 unspecified atom stereocenters. The number of fused-ring (bicyclic) bond motifs is 2. The second-order valence-electron chi connectivity index (χ2n) is 2.18. The number of hydrogen-bond acceptors (Lipinski definition) is 1. The molecular formula is C6H4BFO. The van der Waals surface area contributed by atoms with Gasteiger partial charge in [0.15, 0.2) is 0 Å². The molecule has 2 heterocycles. The molecule has 2 rings (SSSR count). The summed E-state index contributed by atoms with van der Waals surface area (Å²) in [6.45, 7) is -0.676. The highest BCUT2D eigenvalue weighted by Crippen LogP contribution is 2.31. The third-order valence-corrected chi connectivity index (χ3v) is 1.63. The summed E-state index contributed by atoms with van der Waals surface area (Å²) in [7, 11) is 0. The van der Waals surface area contributed by atoms with Crippen LogP contribution < -0.4 is 0 Å². The predicted molar refractivity (Wildman–Crippen MR) is 33.3 cm³/mol. The van der Waals surface area contributed by atoms with Gasteiger partial charge in [-0.15, -0.1) is 0 Å². The minimum absolute atomic E-state index is 0.292. The third-order valence-electron chi connectivity index (χ3n) is 1.63. The van der Waals surface area contributed by atoms with Crippen LogP contribution in [0, 0.1) is 0 Å². The zero-order valence-corrected chi connectivity index (χ0v) is 4.63. The van der Waals surface area contributed by atoms with Crippen molar-refractivity contribution >= 4 is 6.92 Å². The minimum Gasteiger partial charge on any atom is -0.443 e. The number of allylic oxidation sites excluding steroid dienone is 6. The van der Waals surface area contributed by atoms with E-state index in [0.717, 1.165) is 0 Å². The summed E-state index contributed by atoms with van der Waals surface area (Å²) < 4.78 is 12.5. The molecule has 9 heavy (non-hydrogen) atoms. The quantitative estimate of drug-likeness (QED) is 0.470. The van der Waals surface area contributed by atoms with Gasteiger partial charge in [-0.3, -0.25) is 0 Å². The highest BCUT2D eigenvalue weighted by Gasteiger charge is 2.32. The average Bonchev–Trinajstić information content (AvgIpc) is 2.25. The van der Waals surface area contributed by atoms with Crippen molar-refractivity contribution in [3.8, 4) is 0 Å². The fourth-order valence-electron chi connectivity index (χ4n) is 1.11. The van der Waals surface area contributed by atoms with Crippen LogP contribution in [0.3, 0.4) is 0 Å². The van der Waals surface area contributed by atoms with Crippen molar-refractivity contribution < 1.29 is 9.41 Å². The Hall–Kier alpha value is -0.825. The van der Waals surface area contributed by atoms with Crippen molar-refractivity contribution in [1.82, 2.24) is 0 Å². The summed E-state index contributed by atoms with van der Waals surface area (Å²) >= 11 is 0. The van der Waals surface area contributed by atoms with Crippen LogP contribution >= 0.6 is 0 Å². The molecule has 3 heteroatoms. The van der Waals surface area contributed by atoms with Gasteiger partial charge in [0.25, 0.3) is 0 Å². The lowest BCUT2D eigenvalue weighted by molar-refractivity contribution is 0.592. The topological polar surface area (TPSA) is 20.2 Å². The normalized spacial score (nSPS) is 22.0. The van der Waals surface area contributed by atoms with Crippen LogP contribution in [0.5, 0.6) is 0 Å². The summed E-state index contributed by atoms with van der Waals surface area (Å²) in [5, 5.41) is 9.07. The van der Waals surface area contributed by atoms with Crippen molar-refractivity contribution in [2.45, 2.75) is 0 Å². The molecule has 2 aliphatic heterocycles. The average molecular weight is 122 g/mol. The molecule has 2 bridgehead atoms. The predicted octanol–water partition coefficient (Wildman–Crippen LogP) is 0.782. The van der Waals surface area contributed by atoms with Crippen LogP contribution in [0.15, 0.2) is 35.0 Å². The molecule has 0 saturated carbocycles. The molecule has 0 amide bonds. The van der Waals surface area contributed by atoms with Crippen molar-refractivity contribution in [2.24, 2.45) is 0 Å². The molecule has 0 aromatic carbocycles. The lowest BCUT2D eigenvalue weighted by Gasteiger charge is -1.90. The van der Waals surface area contributed by atoms with E-state index in [1.807, 2.05) is 0 Å². The molecule has 44 valence electrons. The SMILES string of the molecule is OB1C2=CC(F)=C1C=C2. The van der Waals surface area contributed by atoms with Crippen LogP contribution in [-0.2, 0) is 0 Å². The highest BCUT2D eigenvalue weighted by atomic mass is 19.1. The van der Waals surface area contributed by atoms with Crippen LogP contribution in [0.1, 0.15) is 0 Å². The van der Waals surface area contributed by atoms with Gasteiger partial charge in [0, 0.05) is 0 Å². The van der Waals surface area contributed by atoms with Crippen molar-refractivity contribution in [3.63, 3.8) is 0 Å². The van der Waals surface area contributed by atoms with Gasteiger partial charge in [-0.25, -0.2) is 4.39 Å². The van der Waals surface area contributed by atoms with Crippen LogP contribution in [0.4, 0.5) is 4.39 Å². The molecule has 0 radical (unpaired) electrons. The summed E-state index contributed by atoms with van der Waals surface area (Å²) in [4.78, 5) is 0. The Bertz CT molecular complexity index is 252. The van der Waals surface area contributed by atoms with Gasteiger partial charge in [0.1, 0.15) is 5.83 Å². The summed E-state index contributed by atoms with van der Waals surface area (Å²) in [6.07, 6.45) is 4.69. The molecular weight excluding hydrogens is 118 g/mol. The van der Waals surface area contributed by atoms with Gasteiger partial charge >= 0.3 is 6.92 Å². The summed E-state index contributed by atoms with van der Waals surface area (Å²) in [5.41, 5.74) is 1.08. The Morgan fingerprint density at radius 2 is 2.22 bits per heavy atom. The Balaban J connectivity index is 2.60. The maximum absolute atomic E-state index is 12.5. The van der Waals surface area contributed by atoms with Crippen LogP contribution in [-0.4, -0.2) is 11.9 Å². The van der Waals surface area contributed by atoms with Crippen LogP contribution in [0.25, 0.3) is 0 Å². The van der Waals surface area contributed by atoms with Gasteiger partial charge in [-0.2, -0.15) is 0 Å². The van der Waals surface area contributed by atoms with Gasteiger partial charge in [0.2, 0.25) is 0 Å². The molecule has 0 aromatic rings. The maximum atomic E-state index is 12.5. The van der Waals surface area contributed by atoms with E-state index in [9.17, 15) is 4.39 Å². The first-order valence-corrected chi connectivity index (χ1v) is 2.76. The monoisotopic (exact) mass is 122 g/mol. The molecule has 0 atom stereocenters. The fraction of sp³-hybridized carbons (Fsp3) is 0. The summed E-state index contributed by atoms with van der Waals surface area (Å²) in [5.74, 6) is -0.292. The Morgan fingerprint density at radius 3 is 2.44 bits per heavy atom. The minimum atomic E-state index is -0.676. The Kier molecular flexibility index (Phi) is 0.756. The van der Waals surface area contributed by atoms with Crippen molar-refractivity contribution in [3.05, 3.63) is 35.0 Å². The second-order valence-corrected chi connectivity index (χ2v) is 2.18. The first kappa shape index (κ1) is 5.00. The lowest BCUT2D eigenvalue weighted by atomic mass is 9.62. The largest absolute Gasteiger partial charge is 0.443 e. The first-order chi connectivity index (χ1) is 4.29. The van der Waals surface area contributed by atoms with Crippen molar-refractivity contribution in [1.29, 1.82) is 0 Å². The summed E-state index contributed by atoms with van der Waals surface area (Å²) in [6, 6.07) is 0. The van der Waals surface area contributed by atoms with Gasteiger partial charge in [-0.1, -0.05) is 12.2 Å². The Labute approximate surface area is 52.3 Å². The van der Waals surface area contributed by atoms with E-state index in [1.165, 1.54) is 6.08 Å². The molecule has 0 saturated heterocycles. The zero-order chi connectivity index (χ0) is 6.43. The number of hydrogen-bond donors (Lipinski definition) is 1. The van der Waals surface area contributed by atoms with Gasteiger partial charge in [0.05, 0.1) is 0 Å². The van der Waals surface area contributed by atoms with E-state index in [-0.39, 0.29) is 5.83 Å². The standard InChI is InChI=1S/C6H4BFO/c8-6-3-4-1-2-5(6)7(4)9/h1-3,9H. The second kappa shape index (κ2) is 1.36. The molecule has 1 N–H and O–H groups in total. The molecule has 0 aliphatic carbocycles. The number of rotatable bonds is 0. The molecule has 0 fully saturated rings. The molecule has 0 spiro atoms. The van der Waals surface area contributed by atoms with E-state index < -0.39 is 6.92 Å². The fourth-order valence-corrected chi connectivity index (χ4v) is 1.11. The van der Waals surface area contributed by atoms with E-state index in [2.05, 4.69) is 0 Å². The van der Waals surface area contributed by atoms with Crippen molar-refractivity contribution in [2.75, 3.05) is 0 Å². The molecule has 2 aliphatic rings. The van der Waals surface area contributed by atoms with E-state index in [0.29, 0.717) is 10.9 Å². The third kappa shape index (κ3) is 0.472. The molecule has 1 nitrogen and oxygen atoms in total. The maximum Gasteiger partial charge on any atom is 0.362 e. The number of halogens is 1. The van der Waals surface area contributed by atoms with Gasteiger partial charge < -0.3 is 5.02 Å². The zero-order valence-electron chi connectivity index (χ0n) is 4.63. The first-order valence-electron chi connectivity index (χ1n) is 2.76. The van der Waals surface area contributed by atoms with E-state index in [4.69, 9.17) is 5.02 Å². The molecule has 0 aromatic heterocycles. The van der Waals surface area contributed by atoms with E-state index >= 15 is 0 Å². The van der Waals surface area contributed by atoms with Crippen LogP contribution in [0.2, 0.25) is 0 Å². The Morgan fingerprint density at radius 1 is 1.44 bits per heavy atom.